The van der Waals surface area contributed by atoms with Gasteiger partial charge >= 0.3 is 0 Å². The number of nitrogens with zero attached hydrogens (tertiary/aromatic N) is 2. The second-order valence-corrected chi connectivity index (χ2v) is 6.59. The van der Waals surface area contributed by atoms with Crippen molar-refractivity contribution >= 4 is 5.96 Å². The zero-order valence-electron chi connectivity index (χ0n) is 16.6. The predicted molar refractivity (Wildman–Crippen MR) is 107 cm³/mol. The van der Waals surface area contributed by atoms with Crippen LogP contribution in [0.2, 0.25) is 0 Å². The number of aliphatic imine (C=N–C) groups is 1. The van der Waals surface area contributed by atoms with Crippen LogP contribution in [0.25, 0.3) is 0 Å². The van der Waals surface area contributed by atoms with Gasteiger partial charge in [0.05, 0.1) is 13.7 Å². The van der Waals surface area contributed by atoms with Crippen LogP contribution in [0.15, 0.2) is 29.3 Å². The quantitative estimate of drug-likeness (QED) is 0.468. The predicted octanol–water partition coefficient (Wildman–Crippen LogP) is 2.50. The van der Waals surface area contributed by atoms with Gasteiger partial charge in [-0.2, -0.15) is 0 Å². The van der Waals surface area contributed by atoms with Crippen LogP contribution < -0.4 is 20.1 Å². The van der Waals surface area contributed by atoms with Crippen LogP contribution in [-0.2, 0) is 0 Å². The lowest BCUT2D eigenvalue weighted by Crippen LogP contribution is -2.42. The second kappa shape index (κ2) is 10.9. The molecule has 146 valence electrons. The lowest BCUT2D eigenvalue weighted by atomic mass is 10.3. The van der Waals surface area contributed by atoms with Crippen molar-refractivity contribution in [1.29, 1.82) is 0 Å². The maximum Gasteiger partial charge on any atom is 0.191 e. The first kappa shape index (κ1) is 20.4. The first-order chi connectivity index (χ1) is 12.7. The molecular formula is C20H34N4O2. The van der Waals surface area contributed by atoms with Crippen molar-refractivity contribution in [2.24, 2.45) is 4.99 Å². The van der Waals surface area contributed by atoms with Crippen molar-refractivity contribution in [1.82, 2.24) is 15.5 Å². The highest BCUT2D eigenvalue weighted by Gasteiger charge is 2.27. The Balaban J connectivity index is 1.80. The van der Waals surface area contributed by atoms with Crippen LogP contribution >= 0.6 is 0 Å². The van der Waals surface area contributed by atoms with E-state index in [-0.39, 0.29) is 6.10 Å². The molecule has 1 aromatic rings. The Morgan fingerprint density at radius 3 is 2.58 bits per heavy atom. The van der Waals surface area contributed by atoms with Crippen LogP contribution in [0.5, 0.6) is 11.5 Å². The third-order valence-electron chi connectivity index (χ3n) is 4.41. The molecule has 1 aliphatic carbocycles. The van der Waals surface area contributed by atoms with Crippen molar-refractivity contribution < 1.29 is 9.47 Å². The van der Waals surface area contributed by atoms with E-state index in [0.717, 1.165) is 49.7 Å². The summed E-state index contributed by atoms with van der Waals surface area (Å²) in [5.41, 5.74) is 0. The molecule has 0 bridgehead atoms. The Hall–Kier alpha value is -1.95. The maximum atomic E-state index is 5.97. The number of hydrogen-bond donors (Lipinski definition) is 2. The van der Waals surface area contributed by atoms with Crippen LogP contribution in [0.4, 0.5) is 0 Å². The van der Waals surface area contributed by atoms with Gasteiger partial charge in [-0.05, 0) is 45.4 Å². The first-order valence-electron chi connectivity index (χ1n) is 9.73. The van der Waals surface area contributed by atoms with Gasteiger partial charge in [-0.25, -0.2) is 4.99 Å². The van der Waals surface area contributed by atoms with E-state index in [4.69, 9.17) is 9.47 Å². The summed E-state index contributed by atoms with van der Waals surface area (Å²) in [4.78, 5) is 7.19. The highest BCUT2D eigenvalue weighted by molar-refractivity contribution is 5.79. The molecule has 1 aliphatic rings. The Bertz CT molecular complexity index is 560. The summed E-state index contributed by atoms with van der Waals surface area (Å²) in [6.07, 6.45) is 2.65. The summed E-state index contributed by atoms with van der Waals surface area (Å²) in [5, 5.41) is 6.73. The van der Waals surface area contributed by atoms with E-state index in [9.17, 15) is 0 Å². The fourth-order valence-electron chi connectivity index (χ4n) is 2.89. The molecule has 2 rings (SSSR count). The Labute approximate surface area is 158 Å². The lowest BCUT2D eigenvalue weighted by Gasteiger charge is -2.21. The molecule has 1 aromatic carbocycles. The molecule has 1 saturated carbocycles. The largest absolute Gasteiger partial charge is 0.493 e. The van der Waals surface area contributed by atoms with Gasteiger partial charge in [0, 0.05) is 25.7 Å². The summed E-state index contributed by atoms with van der Waals surface area (Å²) in [5.74, 6) is 2.33. The summed E-state index contributed by atoms with van der Waals surface area (Å²) < 4.78 is 11.3. The van der Waals surface area contributed by atoms with Crippen LogP contribution in [-0.4, -0.2) is 62.8 Å². The molecule has 0 amide bonds. The average molecular weight is 363 g/mol. The van der Waals surface area contributed by atoms with Crippen LogP contribution in [0, 0.1) is 0 Å². The zero-order valence-corrected chi connectivity index (χ0v) is 16.6. The van der Waals surface area contributed by atoms with E-state index in [0.29, 0.717) is 6.54 Å². The standard InChI is InChI=1S/C20H34N4O2/c1-5-21-20(22-13-14-24(6-2)17-11-12-17)23-15-16(3)26-19-10-8-7-9-18(19)25-4/h7-10,16-17H,5-6,11-15H2,1-4H3,(H2,21,22,23). The van der Waals surface area contributed by atoms with Crippen molar-refractivity contribution in [3.63, 3.8) is 0 Å². The summed E-state index contributed by atoms with van der Waals surface area (Å²) >= 11 is 0. The van der Waals surface area contributed by atoms with E-state index in [1.165, 1.54) is 12.8 Å². The molecule has 0 heterocycles. The topological polar surface area (TPSA) is 58.1 Å². The number of hydrogen-bond acceptors (Lipinski definition) is 4. The van der Waals surface area contributed by atoms with E-state index in [1.54, 1.807) is 7.11 Å². The molecule has 1 fully saturated rings. The number of benzene rings is 1. The molecule has 0 saturated heterocycles. The van der Waals surface area contributed by atoms with Gasteiger partial charge in [0.25, 0.3) is 0 Å². The second-order valence-electron chi connectivity index (χ2n) is 6.59. The molecular weight excluding hydrogens is 328 g/mol. The van der Waals surface area contributed by atoms with Gasteiger partial charge in [0.15, 0.2) is 17.5 Å². The zero-order chi connectivity index (χ0) is 18.8. The molecule has 2 N–H and O–H groups in total. The Kier molecular flexibility index (Phi) is 8.54. The highest BCUT2D eigenvalue weighted by Crippen LogP contribution is 2.27. The van der Waals surface area contributed by atoms with Crippen molar-refractivity contribution in [2.75, 3.05) is 39.8 Å². The van der Waals surface area contributed by atoms with Crippen molar-refractivity contribution in [3.05, 3.63) is 24.3 Å². The summed E-state index contributed by atoms with van der Waals surface area (Å²) in [6, 6.07) is 8.49. The van der Waals surface area contributed by atoms with Crippen molar-refractivity contribution in [3.8, 4) is 11.5 Å². The molecule has 1 unspecified atom stereocenters. The number of methoxy groups -OCH3 is 1. The number of ether oxygens (including phenoxy) is 2. The lowest BCUT2D eigenvalue weighted by molar-refractivity contribution is 0.219. The fraction of sp³-hybridized carbons (Fsp3) is 0.650. The molecule has 0 spiro atoms. The van der Waals surface area contributed by atoms with E-state index in [2.05, 4.69) is 34.4 Å². The van der Waals surface area contributed by atoms with Crippen LogP contribution in [0.1, 0.15) is 33.6 Å². The smallest absolute Gasteiger partial charge is 0.191 e. The average Bonchev–Trinajstić information content (AvgIpc) is 3.48. The van der Waals surface area contributed by atoms with Gasteiger partial charge in [-0.15, -0.1) is 0 Å². The number of rotatable bonds is 11. The molecule has 0 aromatic heterocycles. The third kappa shape index (κ3) is 6.75. The minimum atomic E-state index is -0.0413. The SMILES string of the molecule is CCNC(=NCC(C)Oc1ccccc1OC)NCCN(CC)C1CC1. The molecule has 26 heavy (non-hydrogen) atoms. The van der Waals surface area contributed by atoms with E-state index < -0.39 is 0 Å². The number of para-hydroxylation sites is 2. The number of likely N-dealkylation sites (N-methyl/N-ethyl adjacent to an activating group) is 1. The van der Waals surface area contributed by atoms with Gasteiger partial charge in [-0.1, -0.05) is 19.1 Å². The molecule has 0 aliphatic heterocycles. The maximum absolute atomic E-state index is 5.97. The van der Waals surface area contributed by atoms with Gasteiger partial charge in [0.1, 0.15) is 6.10 Å². The van der Waals surface area contributed by atoms with E-state index >= 15 is 0 Å². The number of guanidine groups is 1. The minimum absolute atomic E-state index is 0.0413. The molecule has 6 nitrogen and oxygen atoms in total. The van der Waals surface area contributed by atoms with Gasteiger partial charge in [-0.3, -0.25) is 4.90 Å². The summed E-state index contributed by atoms with van der Waals surface area (Å²) in [7, 11) is 1.65. The van der Waals surface area contributed by atoms with Crippen LogP contribution in [0.3, 0.4) is 0 Å². The molecule has 6 heteroatoms. The van der Waals surface area contributed by atoms with Crippen molar-refractivity contribution in [2.45, 2.75) is 45.8 Å². The number of nitrogens with one attached hydrogen (secondary N) is 2. The minimum Gasteiger partial charge on any atom is -0.493 e. The normalized spacial score (nSPS) is 15.7. The Morgan fingerprint density at radius 2 is 1.96 bits per heavy atom. The fourth-order valence-corrected chi connectivity index (χ4v) is 2.89. The Morgan fingerprint density at radius 1 is 1.23 bits per heavy atom. The monoisotopic (exact) mass is 362 g/mol. The first-order valence-corrected chi connectivity index (χ1v) is 9.73. The summed E-state index contributed by atoms with van der Waals surface area (Å²) in [6.45, 7) is 10.8. The van der Waals surface area contributed by atoms with Gasteiger partial charge < -0.3 is 20.1 Å². The third-order valence-corrected chi connectivity index (χ3v) is 4.41. The molecule has 1 atom stereocenters. The molecule has 0 radical (unpaired) electrons. The van der Waals surface area contributed by atoms with Gasteiger partial charge in [0.2, 0.25) is 0 Å². The highest BCUT2D eigenvalue weighted by atomic mass is 16.5. The van der Waals surface area contributed by atoms with E-state index in [1.807, 2.05) is 31.2 Å².